The van der Waals surface area contributed by atoms with Gasteiger partial charge in [0.25, 0.3) is 0 Å². The van der Waals surface area contributed by atoms with Gasteiger partial charge in [0.05, 0.1) is 7.11 Å². The zero-order chi connectivity index (χ0) is 12.8. The van der Waals surface area contributed by atoms with Gasteiger partial charge < -0.3 is 15.2 Å². The Morgan fingerprint density at radius 1 is 1.17 bits per heavy atom. The first-order chi connectivity index (χ1) is 8.83. The fourth-order valence-electron chi connectivity index (χ4n) is 1.60. The number of pyridine rings is 1. The van der Waals surface area contributed by atoms with Crippen molar-refractivity contribution in [2.75, 3.05) is 7.11 Å². The molecule has 0 bridgehead atoms. The molecule has 0 amide bonds. The Labute approximate surface area is 106 Å². The summed E-state index contributed by atoms with van der Waals surface area (Å²) in [4.78, 5) is 4.04. The molecule has 4 nitrogen and oxygen atoms in total. The molecule has 2 N–H and O–H groups in total. The van der Waals surface area contributed by atoms with Gasteiger partial charge in [-0.15, -0.1) is 0 Å². The fourth-order valence-corrected chi connectivity index (χ4v) is 1.60. The molecule has 2 aromatic rings. The van der Waals surface area contributed by atoms with Crippen LogP contribution in [0.2, 0.25) is 0 Å². The molecule has 1 aromatic heterocycles. The summed E-state index contributed by atoms with van der Waals surface area (Å²) in [5.74, 6) is 1.40. The number of hydrogen-bond donors (Lipinski definition) is 1. The third kappa shape index (κ3) is 2.99. The molecule has 1 heterocycles. The summed E-state index contributed by atoms with van der Waals surface area (Å²) in [5, 5.41) is 0. The molecule has 0 atom stereocenters. The quantitative estimate of drug-likeness (QED) is 0.875. The second-order valence-electron chi connectivity index (χ2n) is 3.84. The Morgan fingerprint density at radius 3 is 2.72 bits per heavy atom. The largest absolute Gasteiger partial charge is 0.493 e. The number of benzene rings is 1. The second kappa shape index (κ2) is 6.02. The molecular formula is C14H16N2O2. The van der Waals surface area contributed by atoms with Crippen LogP contribution >= 0.6 is 0 Å². The molecule has 94 valence electrons. The highest BCUT2D eigenvalue weighted by molar-refractivity contribution is 5.43. The summed E-state index contributed by atoms with van der Waals surface area (Å²) < 4.78 is 11.0. The lowest BCUT2D eigenvalue weighted by atomic mass is 10.2. The molecule has 2 rings (SSSR count). The summed E-state index contributed by atoms with van der Waals surface area (Å²) in [5.41, 5.74) is 7.61. The van der Waals surface area contributed by atoms with E-state index in [1.807, 2.05) is 30.3 Å². The fraction of sp³-hybridized carbons (Fsp3) is 0.214. The van der Waals surface area contributed by atoms with E-state index in [2.05, 4.69) is 4.98 Å². The first-order valence-electron chi connectivity index (χ1n) is 5.72. The third-order valence-corrected chi connectivity index (χ3v) is 2.58. The van der Waals surface area contributed by atoms with Crippen molar-refractivity contribution in [2.45, 2.75) is 13.2 Å². The van der Waals surface area contributed by atoms with E-state index in [4.69, 9.17) is 15.2 Å². The van der Waals surface area contributed by atoms with E-state index in [0.717, 1.165) is 11.1 Å². The van der Waals surface area contributed by atoms with Crippen molar-refractivity contribution in [1.29, 1.82) is 0 Å². The monoisotopic (exact) mass is 244 g/mol. The van der Waals surface area contributed by atoms with Gasteiger partial charge in [-0.25, -0.2) is 0 Å². The zero-order valence-corrected chi connectivity index (χ0v) is 10.3. The van der Waals surface area contributed by atoms with Crippen molar-refractivity contribution in [2.24, 2.45) is 5.73 Å². The maximum atomic E-state index is 5.71. The predicted octanol–water partition coefficient (Wildman–Crippen LogP) is 2.13. The summed E-state index contributed by atoms with van der Waals surface area (Å²) in [6.45, 7) is 0.950. The zero-order valence-electron chi connectivity index (χ0n) is 10.3. The van der Waals surface area contributed by atoms with Crippen molar-refractivity contribution in [3.8, 4) is 11.5 Å². The van der Waals surface area contributed by atoms with Gasteiger partial charge in [-0.3, -0.25) is 4.98 Å². The number of nitrogens with zero attached hydrogens (tertiary/aromatic N) is 1. The van der Waals surface area contributed by atoms with Crippen LogP contribution in [-0.2, 0) is 13.2 Å². The number of nitrogens with two attached hydrogens (primary N) is 1. The first kappa shape index (κ1) is 12.4. The van der Waals surface area contributed by atoms with Crippen LogP contribution in [0.3, 0.4) is 0 Å². The molecule has 0 radical (unpaired) electrons. The molecular weight excluding hydrogens is 228 g/mol. The Kier molecular flexibility index (Phi) is 4.15. The Bertz CT molecular complexity index is 500. The number of hydrogen-bond acceptors (Lipinski definition) is 4. The topological polar surface area (TPSA) is 57.4 Å². The number of methoxy groups -OCH3 is 1. The van der Waals surface area contributed by atoms with Gasteiger partial charge in [0.2, 0.25) is 0 Å². The van der Waals surface area contributed by atoms with Crippen LogP contribution in [0.25, 0.3) is 0 Å². The summed E-state index contributed by atoms with van der Waals surface area (Å²) >= 11 is 0. The maximum absolute atomic E-state index is 5.71. The van der Waals surface area contributed by atoms with Crippen LogP contribution in [0, 0.1) is 0 Å². The highest BCUT2D eigenvalue weighted by Crippen LogP contribution is 2.28. The van der Waals surface area contributed by atoms with Crippen molar-refractivity contribution in [3.63, 3.8) is 0 Å². The minimum absolute atomic E-state index is 0.464. The van der Waals surface area contributed by atoms with Gasteiger partial charge >= 0.3 is 0 Å². The maximum Gasteiger partial charge on any atom is 0.161 e. The van der Waals surface area contributed by atoms with Crippen LogP contribution in [0.15, 0.2) is 42.7 Å². The molecule has 0 fully saturated rings. The lowest BCUT2D eigenvalue weighted by Crippen LogP contribution is -2.00. The predicted molar refractivity (Wildman–Crippen MR) is 69.5 cm³/mol. The Morgan fingerprint density at radius 2 is 2.06 bits per heavy atom. The Balaban J connectivity index is 2.09. The first-order valence-corrected chi connectivity index (χ1v) is 5.72. The number of ether oxygens (including phenoxy) is 2. The molecule has 0 aliphatic heterocycles. The third-order valence-electron chi connectivity index (χ3n) is 2.58. The van der Waals surface area contributed by atoms with Crippen molar-refractivity contribution < 1.29 is 9.47 Å². The minimum atomic E-state index is 0.464. The van der Waals surface area contributed by atoms with E-state index in [1.165, 1.54) is 0 Å². The van der Waals surface area contributed by atoms with Crippen molar-refractivity contribution in [3.05, 3.63) is 53.9 Å². The van der Waals surface area contributed by atoms with Crippen LogP contribution < -0.4 is 15.2 Å². The average Bonchev–Trinajstić information content (AvgIpc) is 2.46. The van der Waals surface area contributed by atoms with E-state index in [0.29, 0.717) is 24.7 Å². The molecule has 0 unspecified atom stereocenters. The standard InChI is InChI=1S/C14H16N2O2/c1-17-14-7-11(8-15)4-5-13(14)18-10-12-3-2-6-16-9-12/h2-7,9H,8,10,15H2,1H3. The lowest BCUT2D eigenvalue weighted by Gasteiger charge is -2.11. The van der Waals surface area contributed by atoms with Crippen molar-refractivity contribution in [1.82, 2.24) is 4.98 Å². The molecule has 0 spiro atoms. The second-order valence-corrected chi connectivity index (χ2v) is 3.84. The van der Waals surface area contributed by atoms with Crippen LogP contribution in [0.4, 0.5) is 0 Å². The average molecular weight is 244 g/mol. The van der Waals surface area contributed by atoms with Gasteiger partial charge in [-0.05, 0) is 23.8 Å². The van der Waals surface area contributed by atoms with Crippen molar-refractivity contribution >= 4 is 0 Å². The highest BCUT2D eigenvalue weighted by Gasteiger charge is 2.05. The van der Waals surface area contributed by atoms with Gasteiger partial charge in [0, 0.05) is 24.5 Å². The molecule has 0 saturated carbocycles. The smallest absolute Gasteiger partial charge is 0.161 e. The molecule has 0 aliphatic rings. The van der Waals surface area contributed by atoms with Crippen LogP contribution in [0.5, 0.6) is 11.5 Å². The molecule has 0 aliphatic carbocycles. The van der Waals surface area contributed by atoms with Gasteiger partial charge in [0.1, 0.15) is 6.61 Å². The van der Waals surface area contributed by atoms with Gasteiger partial charge in [-0.1, -0.05) is 12.1 Å². The van der Waals surface area contributed by atoms with Crippen LogP contribution in [0.1, 0.15) is 11.1 Å². The van der Waals surface area contributed by atoms with Gasteiger partial charge in [0.15, 0.2) is 11.5 Å². The van der Waals surface area contributed by atoms with E-state index in [-0.39, 0.29) is 0 Å². The minimum Gasteiger partial charge on any atom is -0.493 e. The molecule has 18 heavy (non-hydrogen) atoms. The SMILES string of the molecule is COc1cc(CN)ccc1OCc1cccnc1. The normalized spacial score (nSPS) is 10.1. The number of aromatic nitrogens is 1. The summed E-state index contributed by atoms with van der Waals surface area (Å²) in [6.07, 6.45) is 3.51. The summed E-state index contributed by atoms with van der Waals surface area (Å²) in [7, 11) is 1.62. The lowest BCUT2D eigenvalue weighted by molar-refractivity contribution is 0.284. The number of rotatable bonds is 5. The Hall–Kier alpha value is -2.07. The highest BCUT2D eigenvalue weighted by atomic mass is 16.5. The summed E-state index contributed by atoms with van der Waals surface area (Å²) in [6, 6.07) is 9.54. The van der Waals surface area contributed by atoms with E-state index in [9.17, 15) is 0 Å². The van der Waals surface area contributed by atoms with E-state index >= 15 is 0 Å². The molecule has 1 aromatic carbocycles. The van der Waals surface area contributed by atoms with E-state index in [1.54, 1.807) is 19.5 Å². The molecule has 4 heteroatoms. The van der Waals surface area contributed by atoms with Crippen LogP contribution in [-0.4, -0.2) is 12.1 Å². The van der Waals surface area contributed by atoms with Gasteiger partial charge in [-0.2, -0.15) is 0 Å². The molecule has 0 saturated heterocycles. The van der Waals surface area contributed by atoms with E-state index < -0.39 is 0 Å².